The van der Waals surface area contributed by atoms with Crippen LogP contribution in [0.3, 0.4) is 0 Å². The number of nitrogens with two attached hydrogens (primary N) is 3. The van der Waals surface area contributed by atoms with Crippen LogP contribution in [0.4, 0.5) is 0 Å². The quantitative estimate of drug-likeness (QED) is 0.508. The zero-order valence-corrected chi connectivity index (χ0v) is 9.37. The first kappa shape index (κ1) is 11.5. The molecule has 0 aliphatic heterocycles. The van der Waals surface area contributed by atoms with Gasteiger partial charge in [-0.1, -0.05) is 6.07 Å². The van der Waals surface area contributed by atoms with Gasteiger partial charge in [-0.05, 0) is 18.4 Å². The highest BCUT2D eigenvalue weighted by atomic mass is 32.1. The predicted octanol–water partition coefficient (Wildman–Crippen LogP) is 0.267. The Hall–Kier alpha value is -1.56. The van der Waals surface area contributed by atoms with E-state index in [-0.39, 0.29) is 18.0 Å². The standard InChI is InChI=1S/C9H15N5S/c1-6(5-7-3-2-4-15-7)13-9(12)14-8(10)11/h2-4,6H,5H2,1H3,(H6,10,11,12,13,14). The fraction of sp³-hybridized carbons (Fsp3) is 0.333. The van der Waals surface area contributed by atoms with Crippen LogP contribution in [-0.4, -0.2) is 18.0 Å². The zero-order chi connectivity index (χ0) is 11.3. The SMILES string of the molecule is CC(Cc1cccs1)N=C(N)N=C(N)N. The van der Waals surface area contributed by atoms with E-state index >= 15 is 0 Å². The molecule has 6 N–H and O–H groups in total. The minimum Gasteiger partial charge on any atom is -0.370 e. The molecule has 0 spiro atoms. The lowest BCUT2D eigenvalue weighted by molar-refractivity contribution is 0.746. The van der Waals surface area contributed by atoms with Gasteiger partial charge in [0.05, 0.1) is 6.04 Å². The van der Waals surface area contributed by atoms with Crippen molar-refractivity contribution in [1.29, 1.82) is 0 Å². The van der Waals surface area contributed by atoms with Gasteiger partial charge in [0, 0.05) is 11.3 Å². The third kappa shape index (κ3) is 4.46. The Morgan fingerprint density at radius 1 is 1.47 bits per heavy atom. The highest BCUT2D eigenvalue weighted by Crippen LogP contribution is 2.12. The van der Waals surface area contributed by atoms with Crippen LogP contribution < -0.4 is 17.2 Å². The van der Waals surface area contributed by atoms with Crippen LogP contribution in [0, 0.1) is 0 Å². The van der Waals surface area contributed by atoms with Crippen LogP contribution >= 0.6 is 11.3 Å². The third-order valence-electron chi connectivity index (χ3n) is 1.67. The molecule has 0 saturated heterocycles. The van der Waals surface area contributed by atoms with Crippen molar-refractivity contribution in [2.45, 2.75) is 19.4 Å². The minimum absolute atomic E-state index is 0.0698. The minimum atomic E-state index is -0.0698. The molecule has 6 heteroatoms. The average molecular weight is 225 g/mol. The molecule has 0 fully saturated rings. The summed E-state index contributed by atoms with van der Waals surface area (Å²) in [5, 5.41) is 2.03. The van der Waals surface area contributed by atoms with Gasteiger partial charge in [0.2, 0.25) is 5.96 Å². The fourth-order valence-electron chi connectivity index (χ4n) is 1.15. The highest BCUT2D eigenvalue weighted by molar-refractivity contribution is 7.09. The lowest BCUT2D eigenvalue weighted by Gasteiger charge is -2.04. The van der Waals surface area contributed by atoms with E-state index in [0.717, 1.165) is 6.42 Å². The fourth-order valence-corrected chi connectivity index (χ4v) is 1.98. The lowest BCUT2D eigenvalue weighted by Crippen LogP contribution is -2.27. The molecule has 1 heterocycles. The van der Waals surface area contributed by atoms with Crippen molar-refractivity contribution >= 4 is 23.3 Å². The molecule has 0 radical (unpaired) electrons. The summed E-state index contributed by atoms with van der Waals surface area (Å²) in [6, 6.07) is 4.15. The maximum atomic E-state index is 5.51. The Balaban J connectivity index is 2.55. The van der Waals surface area contributed by atoms with Crippen molar-refractivity contribution < 1.29 is 0 Å². The van der Waals surface area contributed by atoms with Crippen LogP contribution in [0.15, 0.2) is 27.5 Å². The summed E-state index contributed by atoms with van der Waals surface area (Å²) in [6.07, 6.45) is 0.846. The Morgan fingerprint density at radius 3 is 2.73 bits per heavy atom. The maximum Gasteiger partial charge on any atom is 0.218 e. The van der Waals surface area contributed by atoms with Crippen molar-refractivity contribution in [3.8, 4) is 0 Å². The Kier molecular flexibility index (Phi) is 4.11. The molecular weight excluding hydrogens is 210 g/mol. The normalized spacial score (nSPS) is 13.5. The van der Waals surface area contributed by atoms with Gasteiger partial charge in [-0.3, -0.25) is 0 Å². The number of guanidine groups is 2. The van der Waals surface area contributed by atoms with Gasteiger partial charge in [0.15, 0.2) is 5.96 Å². The smallest absolute Gasteiger partial charge is 0.218 e. The van der Waals surface area contributed by atoms with Gasteiger partial charge in [-0.25, -0.2) is 4.99 Å². The number of rotatable bonds is 3. The van der Waals surface area contributed by atoms with E-state index in [9.17, 15) is 0 Å². The molecule has 0 aliphatic rings. The molecule has 1 aromatic heterocycles. The topological polar surface area (TPSA) is 103 Å². The Morgan fingerprint density at radius 2 is 2.20 bits per heavy atom. The first-order chi connectivity index (χ1) is 7.08. The summed E-state index contributed by atoms with van der Waals surface area (Å²) >= 11 is 1.70. The Bertz CT molecular complexity index is 351. The van der Waals surface area contributed by atoms with E-state index in [1.165, 1.54) is 4.88 Å². The molecule has 0 amide bonds. The number of thiophene rings is 1. The highest BCUT2D eigenvalue weighted by Gasteiger charge is 2.03. The van der Waals surface area contributed by atoms with E-state index < -0.39 is 0 Å². The second-order valence-electron chi connectivity index (χ2n) is 3.16. The van der Waals surface area contributed by atoms with Crippen LogP contribution in [0.5, 0.6) is 0 Å². The number of aliphatic imine (C=N–C) groups is 2. The van der Waals surface area contributed by atoms with E-state index in [4.69, 9.17) is 17.2 Å². The monoisotopic (exact) mass is 225 g/mol. The summed E-state index contributed by atoms with van der Waals surface area (Å²) in [7, 11) is 0. The third-order valence-corrected chi connectivity index (χ3v) is 2.57. The van der Waals surface area contributed by atoms with Gasteiger partial charge in [-0.15, -0.1) is 11.3 Å². The van der Waals surface area contributed by atoms with Crippen LogP contribution in [0.1, 0.15) is 11.8 Å². The largest absolute Gasteiger partial charge is 0.370 e. The predicted molar refractivity (Wildman–Crippen MR) is 64.9 cm³/mol. The molecule has 82 valence electrons. The molecule has 1 aromatic rings. The summed E-state index contributed by atoms with van der Waals surface area (Å²) in [4.78, 5) is 9.06. The summed E-state index contributed by atoms with van der Waals surface area (Å²) in [6.45, 7) is 1.97. The molecule has 15 heavy (non-hydrogen) atoms. The molecule has 0 saturated carbocycles. The van der Waals surface area contributed by atoms with E-state index in [0.29, 0.717) is 0 Å². The van der Waals surface area contributed by atoms with E-state index in [1.54, 1.807) is 11.3 Å². The molecule has 5 nitrogen and oxygen atoms in total. The molecule has 0 aromatic carbocycles. The second kappa shape index (κ2) is 5.35. The van der Waals surface area contributed by atoms with E-state index in [1.807, 2.05) is 18.4 Å². The Labute approximate surface area is 92.7 Å². The van der Waals surface area contributed by atoms with Gasteiger partial charge in [-0.2, -0.15) is 4.99 Å². The first-order valence-corrected chi connectivity index (χ1v) is 5.41. The maximum absolute atomic E-state index is 5.51. The molecule has 0 bridgehead atoms. The van der Waals surface area contributed by atoms with E-state index in [2.05, 4.69) is 16.1 Å². The second-order valence-corrected chi connectivity index (χ2v) is 4.19. The van der Waals surface area contributed by atoms with Crippen LogP contribution in [0.2, 0.25) is 0 Å². The number of hydrogen-bond acceptors (Lipinski definition) is 2. The van der Waals surface area contributed by atoms with Crippen molar-refractivity contribution in [3.05, 3.63) is 22.4 Å². The van der Waals surface area contributed by atoms with Crippen molar-refractivity contribution in [3.63, 3.8) is 0 Å². The van der Waals surface area contributed by atoms with Crippen LogP contribution in [0.25, 0.3) is 0 Å². The summed E-state index contributed by atoms with van der Waals surface area (Å²) in [5.74, 6) is 0.0543. The molecule has 1 unspecified atom stereocenters. The van der Waals surface area contributed by atoms with Gasteiger partial charge < -0.3 is 17.2 Å². The van der Waals surface area contributed by atoms with Crippen molar-refractivity contribution in [1.82, 2.24) is 0 Å². The number of hydrogen-bond donors (Lipinski definition) is 3. The first-order valence-electron chi connectivity index (χ1n) is 4.53. The molecular formula is C9H15N5S. The average Bonchev–Trinajstić information content (AvgIpc) is 2.53. The molecule has 0 aliphatic carbocycles. The number of nitrogens with zero attached hydrogens (tertiary/aromatic N) is 2. The van der Waals surface area contributed by atoms with Gasteiger partial charge in [0.25, 0.3) is 0 Å². The zero-order valence-electron chi connectivity index (χ0n) is 8.55. The lowest BCUT2D eigenvalue weighted by atomic mass is 10.2. The van der Waals surface area contributed by atoms with Crippen molar-refractivity contribution in [2.24, 2.45) is 27.2 Å². The van der Waals surface area contributed by atoms with Gasteiger partial charge in [0.1, 0.15) is 0 Å². The van der Waals surface area contributed by atoms with Crippen molar-refractivity contribution in [2.75, 3.05) is 0 Å². The molecule has 1 rings (SSSR count). The van der Waals surface area contributed by atoms with Crippen LogP contribution in [-0.2, 0) is 6.42 Å². The summed E-state index contributed by atoms with van der Waals surface area (Å²) < 4.78 is 0. The van der Waals surface area contributed by atoms with Gasteiger partial charge >= 0.3 is 0 Å². The summed E-state index contributed by atoms with van der Waals surface area (Å²) in [5.41, 5.74) is 15.9. The molecule has 1 atom stereocenters.